The molecule has 1 atom stereocenters. The van der Waals surface area contributed by atoms with E-state index in [4.69, 9.17) is 23.2 Å². The van der Waals surface area contributed by atoms with Gasteiger partial charge in [0.05, 0.1) is 6.33 Å². The van der Waals surface area contributed by atoms with Gasteiger partial charge in [-0.05, 0) is 48.4 Å². The van der Waals surface area contributed by atoms with Crippen molar-refractivity contribution < 1.29 is 0 Å². The number of hydrogen-bond donors (Lipinski definition) is 0. The fourth-order valence-electron chi connectivity index (χ4n) is 2.35. The summed E-state index contributed by atoms with van der Waals surface area (Å²) in [5, 5.41) is 1.53. The maximum atomic E-state index is 5.97. The molecule has 0 N–H and O–H groups in total. The van der Waals surface area contributed by atoms with Crippen LogP contribution in [0.1, 0.15) is 11.6 Å². The lowest BCUT2D eigenvalue weighted by Crippen LogP contribution is -2.13. The second-order valence-corrected chi connectivity index (χ2v) is 7.23. The molecule has 1 aromatic heterocycles. The standard InChI is InChI=1S/C18H16Cl2N2S/c19-15-3-1-14(2-4-15)11-17(22-10-9-21-13-22)12-23-18-7-5-16(20)6-8-18/h1-10,13,17H,11-12H2. The number of imidazole rings is 1. The molecule has 23 heavy (non-hydrogen) atoms. The lowest BCUT2D eigenvalue weighted by molar-refractivity contribution is 0.553. The largest absolute Gasteiger partial charge is 0.333 e. The molecule has 1 unspecified atom stereocenters. The third-order valence-corrected chi connectivity index (χ3v) is 5.25. The van der Waals surface area contributed by atoms with Gasteiger partial charge in [-0.25, -0.2) is 4.98 Å². The quantitative estimate of drug-likeness (QED) is 0.518. The van der Waals surface area contributed by atoms with Gasteiger partial charge in [0.25, 0.3) is 0 Å². The molecule has 118 valence electrons. The van der Waals surface area contributed by atoms with E-state index >= 15 is 0 Å². The summed E-state index contributed by atoms with van der Waals surface area (Å²) in [5.74, 6) is 0.959. The summed E-state index contributed by atoms with van der Waals surface area (Å²) in [6.07, 6.45) is 6.65. The second kappa shape index (κ2) is 7.91. The maximum Gasteiger partial charge on any atom is 0.0948 e. The average molecular weight is 363 g/mol. The number of halogens is 2. The van der Waals surface area contributed by atoms with Crippen molar-refractivity contribution in [3.8, 4) is 0 Å². The topological polar surface area (TPSA) is 17.8 Å². The van der Waals surface area contributed by atoms with Crippen molar-refractivity contribution in [1.82, 2.24) is 9.55 Å². The van der Waals surface area contributed by atoms with Crippen molar-refractivity contribution in [2.45, 2.75) is 17.4 Å². The van der Waals surface area contributed by atoms with Crippen LogP contribution in [0.5, 0.6) is 0 Å². The van der Waals surface area contributed by atoms with Crippen LogP contribution in [0.4, 0.5) is 0 Å². The summed E-state index contributed by atoms with van der Waals surface area (Å²) in [7, 11) is 0. The molecular weight excluding hydrogens is 347 g/mol. The van der Waals surface area contributed by atoms with Gasteiger partial charge in [-0.15, -0.1) is 11.8 Å². The monoisotopic (exact) mass is 362 g/mol. The first-order valence-corrected chi connectivity index (χ1v) is 9.05. The molecule has 2 nitrogen and oxygen atoms in total. The van der Waals surface area contributed by atoms with E-state index in [0.29, 0.717) is 6.04 Å². The number of benzene rings is 2. The molecule has 3 aromatic rings. The second-order valence-electron chi connectivity index (χ2n) is 5.26. The van der Waals surface area contributed by atoms with Crippen molar-refractivity contribution >= 4 is 35.0 Å². The van der Waals surface area contributed by atoms with Crippen LogP contribution in [-0.2, 0) is 6.42 Å². The molecule has 0 spiro atoms. The molecule has 0 fully saturated rings. The van der Waals surface area contributed by atoms with Crippen molar-refractivity contribution in [3.05, 3.63) is 82.9 Å². The smallest absolute Gasteiger partial charge is 0.0948 e. The first-order valence-electron chi connectivity index (χ1n) is 7.31. The molecule has 1 heterocycles. The van der Waals surface area contributed by atoms with Gasteiger partial charge in [-0.1, -0.05) is 35.3 Å². The normalized spacial score (nSPS) is 12.3. The molecule has 2 aromatic carbocycles. The zero-order chi connectivity index (χ0) is 16.1. The Morgan fingerprint density at radius 2 is 1.61 bits per heavy atom. The molecule has 0 aliphatic rings. The number of rotatable bonds is 6. The molecule has 3 rings (SSSR count). The Hall–Kier alpha value is -1.42. The number of thioether (sulfide) groups is 1. The zero-order valence-corrected chi connectivity index (χ0v) is 14.7. The minimum atomic E-state index is 0.333. The summed E-state index contributed by atoms with van der Waals surface area (Å²) in [6.45, 7) is 0. The molecule has 5 heteroatoms. The van der Waals surface area contributed by atoms with Crippen molar-refractivity contribution in [3.63, 3.8) is 0 Å². The first kappa shape index (κ1) is 16.4. The summed E-state index contributed by atoms with van der Waals surface area (Å²) in [4.78, 5) is 5.40. The highest BCUT2D eigenvalue weighted by Crippen LogP contribution is 2.27. The van der Waals surface area contributed by atoms with Crippen LogP contribution < -0.4 is 0 Å². The molecule has 0 aliphatic heterocycles. The third-order valence-electron chi connectivity index (χ3n) is 3.59. The van der Waals surface area contributed by atoms with Gasteiger partial charge in [0.2, 0.25) is 0 Å². The first-order chi connectivity index (χ1) is 11.2. The van der Waals surface area contributed by atoms with E-state index in [1.54, 1.807) is 0 Å². The molecular formula is C18H16Cl2N2S. The van der Waals surface area contributed by atoms with Crippen molar-refractivity contribution in [2.75, 3.05) is 5.75 Å². The highest BCUT2D eigenvalue weighted by Gasteiger charge is 2.12. The fourth-order valence-corrected chi connectivity index (χ4v) is 3.61. The van der Waals surface area contributed by atoms with E-state index in [9.17, 15) is 0 Å². The SMILES string of the molecule is Clc1ccc(CC(CSc2ccc(Cl)cc2)n2ccnc2)cc1. The van der Waals surface area contributed by atoms with E-state index in [0.717, 1.165) is 22.2 Å². The van der Waals surface area contributed by atoms with Gasteiger partial charge in [0.15, 0.2) is 0 Å². The Morgan fingerprint density at radius 3 is 2.22 bits per heavy atom. The Morgan fingerprint density at radius 1 is 0.957 bits per heavy atom. The van der Waals surface area contributed by atoms with Gasteiger partial charge in [0, 0.05) is 39.1 Å². The Kier molecular flexibility index (Phi) is 5.65. The number of nitrogens with zero attached hydrogens (tertiary/aromatic N) is 2. The highest BCUT2D eigenvalue weighted by atomic mass is 35.5. The Labute approximate surface area is 150 Å². The van der Waals surface area contributed by atoms with Gasteiger partial charge >= 0.3 is 0 Å². The Balaban J connectivity index is 1.71. The van der Waals surface area contributed by atoms with Crippen LogP contribution in [0.2, 0.25) is 10.0 Å². The summed E-state index contributed by atoms with van der Waals surface area (Å²) < 4.78 is 2.16. The maximum absolute atomic E-state index is 5.97. The lowest BCUT2D eigenvalue weighted by Gasteiger charge is -2.18. The summed E-state index contributed by atoms with van der Waals surface area (Å²) >= 11 is 13.7. The van der Waals surface area contributed by atoms with Gasteiger partial charge < -0.3 is 4.57 Å². The van der Waals surface area contributed by atoms with E-state index in [1.165, 1.54) is 10.5 Å². The number of hydrogen-bond acceptors (Lipinski definition) is 2. The van der Waals surface area contributed by atoms with E-state index in [1.807, 2.05) is 54.7 Å². The van der Waals surface area contributed by atoms with E-state index < -0.39 is 0 Å². The third kappa shape index (κ3) is 4.77. The van der Waals surface area contributed by atoms with Crippen molar-refractivity contribution in [2.24, 2.45) is 0 Å². The zero-order valence-electron chi connectivity index (χ0n) is 12.4. The molecule has 0 saturated heterocycles. The Bertz CT molecular complexity index is 725. The van der Waals surface area contributed by atoms with Gasteiger partial charge in [-0.3, -0.25) is 0 Å². The number of aromatic nitrogens is 2. The van der Waals surface area contributed by atoms with Gasteiger partial charge in [-0.2, -0.15) is 0 Å². The van der Waals surface area contributed by atoms with Crippen LogP contribution >= 0.6 is 35.0 Å². The minimum absolute atomic E-state index is 0.333. The lowest BCUT2D eigenvalue weighted by atomic mass is 10.1. The molecule has 0 bridgehead atoms. The molecule has 0 radical (unpaired) electrons. The summed E-state index contributed by atoms with van der Waals surface area (Å²) in [5.41, 5.74) is 1.27. The minimum Gasteiger partial charge on any atom is -0.333 e. The highest BCUT2D eigenvalue weighted by molar-refractivity contribution is 7.99. The predicted octanol–water partition coefficient (Wildman–Crippen LogP) is 5.77. The van der Waals surface area contributed by atoms with E-state index in [-0.39, 0.29) is 0 Å². The fraction of sp³-hybridized carbons (Fsp3) is 0.167. The van der Waals surface area contributed by atoms with Crippen molar-refractivity contribution in [1.29, 1.82) is 0 Å². The van der Waals surface area contributed by atoms with Crippen LogP contribution in [0.3, 0.4) is 0 Å². The van der Waals surface area contributed by atoms with Crippen LogP contribution in [0.25, 0.3) is 0 Å². The summed E-state index contributed by atoms with van der Waals surface area (Å²) in [6, 6.07) is 16.3. The van der Waals surface area contributed by atoms with Gasteiger partial charge in [0.1, 0.15) is 0 Å². The van der Waals surface area contributed by atoms with Crippen LogP contribution in [0, 0.1) is 0 Å². The molecule has 0 saturated carbocycles. The van der Waals surface area contributed by atoms with Crippen LogP contribution in [0.15, 0.2) is 72.1 Å². The molecule has 0 amide bonds. The predicted molar refractivity (Wildman–Crippen MR) is 98.6 cm³/mol. The van der Waals surface area contributed by atoms with Crippen LogP contribution in [-0.4, -0.2) is 15.3 Å². The molecule has 0 aliphatic carbocycles. The van der Waals surface area contributed by atoms with E-state index in [2.05, 4.69) is 33.8 Å². The average Bonchev–Trinajstić information content (AvgIpc) is 3.09.